The molecule has 2 N–H and O–H groups in total. The molecule has 0 atom stereocenters. The Morgan fingerprint density at radius 1 is 0.949 bits per heavy atom. The molecule has 0 unspecified atom stereocenters. The maximum atomic E-state index is 12.7. The second kappa shape index (κ2) is 13.0. The lowest BCUT2D eigenvalue weighted by atomic mass is 10.1. The van der Waals surface area contributed by atoms with Gasteiger partial charge in [-0.3, -0.25) is 14.2 Å². The molecule has 3 aromatic carbocycles. The predicted octanol–water partition coefficient (Wildman–Crippen LogP) is 4.95. The van der Waals surface area contributed by atoms with Gasteiger partial charge in [-0.1, -0.05) is 29.5 Å². The van der Waals surface area contributed by atoms with E-state index >= 15 is 0 Å². The van der Waals surface area contributed by atoms with Crippen LogP contribution in [-0.2, 0) is 11.3 Å². The molecular formula is C29H31N5O4S. The summed E-state index contributed by atoms with van der Waals surface area (Å²) < 4.78 is 12.6. The first kappa shape index (κ1) is 27.7. The normalized spacial score (nSPS) is 10.7. The molecule has 0 aliphatic heterocycles. The maximum Gasteiger partial charge on any atom is 0.251 e. The van der Waals surface area contributed by atoms with Gasteiger partial charge in [0.25, 0.3) is 5.91 Å². The molecular weight excluding hydrogens is 514 g/mol. The summed E-state index contributed by atoms with van der Waals surface area (Å²) in [6, 6.07) is 20.2. The number of amides is 2. The van der Waals surface area contributed by atoms with Crippen LogP contribution in [0.1, 0.15) is 34.2 Å². The predicted molar refractivity (Wildman–Crippen MR) is 152 cm³/mol. The molecule has 0 saturated carbocycles. The summed E-state index contributed by atoms with van der Waals surface area (Å²) in [6.07, 6.45) is 0. The van der Waals surface area contributed by atoms with E-state index in [-0.39, 0.29) is 24.1 Å². The molecule has 0 fully saturated rings. The Labute approximate surface area is 231 Å². The van der Waals surface area contributed by atoms with Crippen molar-refractivity contribution in [2.24, 2.45) is 0 Å². The lowest BCUT2D eigenvalue weighted by molar-refractivity contribution is -0.113. The molecule has 10 heteroatoms. The molecule has 0 saturated heterocycles. The van der Waals surface area contributed by atoms with E-state index in [0.29, 0.717) is 28.9 Å². The number of ether oxygens (including phenoxy) is 2. The van der Waals surface area contributed by atoms with E-state index in [1.54, 1.807) is 31.4 Å². The topological polar surface area (TPSA) is 107 Å². The minimum Gasteiger partial charge on any atom is -0.497 e. The Morgan fingerprint density at radius 2 is 1.67 bits per heavy atom. The van der Waals surface area contributed by atoms with Gasteiger partial charge in [0.1, 0.15) is 11.5 Å². The molecule has 0 aliphatic rings. The first-order valence-electron chi connectivity index (χ1n) is 12.5. The van der Waals surface area contributed by atoms with Gasteiger partial charge in [0.05, 0.1) is 26.0 Å². The fraction of sp³-hybridized carbons (Fsp3) is 0.241. The van der Waals surface area contributed by atoms with Gasteiger partial charge in [-0.2, -0.15) is 0 Å². The number of carbonyl (C=O) groups excluding carboxylic acids is 2. The zero-order valence-corrected chi connectivity index (χ0v) is 23.2. The number of carbonyl (C=O) groups is 2. The highest BCUT2D eigenvalue weighted by molar-refractivity contribution is 7.99. The fourth-order valence-corrected chi connectivity index (χ4v) is 4.67. The number of benzene rings is 3. The number of aryl methyl sites for hydroxylation is 2. The molecule has 202 valence electrons. The average Bonchev–Trinajstić information content (AvgIpc) is 3.35. The van der Waals surface area contributed by atoms with E-state index in [2.05, 4.69) is 20.8 Å². The highest BCUT2D eigenvalue weighted by Gasteiger charge is 2.18. The molecule has 39 heavy (non-hydrogen) atoms. The monoisotopic (exact) mass is 545 g/mol. The number of anilines is 1. The van der Waals surface area contributed by atoms with Crippen LogP contribution >= 0.6 is 11.8 Å². The van der Waals surface area contributed by atoms with Crippen LogP contribution in [0.2, 0.25) is 0 Å². The SMILES string of the molecule is CCOc1ccc(-n2c(CNC(=O)c3ccc(OC)cc3)nnc2SCC(=O)Nc2ccc(C)cc2C)cc1. The van der Waals surface area contributed by atoms with E-state index in [4.69, 9.17) is 9.47 Å². The second-order valence-corrected chi connectivity index (χ2v) is 9.67. The van der Waals surface area contributed by atoms with Gasteiger partial charge in [-0.15, -0.1) is 10.2 Å². The van der Waals surface area contributed by atoms with Crippen LogP contribution in [-0.4, -0.2) is 46.0 Å². The van der Waals surface area contributed by atoms with Gasteiger partial charge < -0.3 is 20.1 Å². The summed E-state index contributed by atoms with van der Waals surface area (Å²) >= 11 is 1.27. The van der Waals surface area contributed by atoms with Crippen LogP contribution < -0.4 is 20.1 Å². The standard InChI is InChI=1S/C29H31N5O4S/c1-5-38-24-13-9-22(10-14-24)34-26(17-30-28(36)21-7-11-23(37-4)12-8-21)32-33-29(34)39-18-27(35)31-25-15-6-19(2)16-20(25)3/h6-16H,5,17-18H2,1-4H3,(H,30,36)(H,31,35). The molecule has 0 radical (unpaired) electrons. The molecule has 0 aliphatic carbocycles. The van der Waals surface area contributed by atoms with Crippen LogP contribution in [0.15, 0.2) is 71.9 Å². The van der Waals surface area contributed by atoms with Crippen LogP contribution in [0, 0.1) is 13.8 Å². The average molecular weight is 546 g/mol. The quantitative estimate of drug-likeness (QED) is 0.257. The zero-order valence-electron chi connectivity index (χ0n) is 22.4. The zero-order chi connectivity index (χ0) is 27.8. The Bertz CT molecular complexity index is 1440. The third-order valence-electron chi connectivity index (χ3n) is 5.85. The van der Waals surface area contributed by atoms with Crippen LogP contribution in [0.5, 0.6) is 11.5 Å². The molecule has 0 spiro atoms. The number of hydrogen-bond donors (Lipinski definition) is 2. The van der Waals surface area contributed by atoms with Crippen molar-refractivity contribution in [3.05, 3.63) is 89.2 Å². The summed E-state index contributed by atoms with van der Waals surface area (Å²) in [4.78, 5) is 25.5. The highest BCUT2D eigenvalue weighted by atomic mass is 32.2. The van der Waals surface area contributed by atoms with Crippen molar-refractivity contribution in [3.8, 4) is 17.2 Å². The van der Waals surface area contributed by atoms with Gasteiger partial charge in [0, 0.05) is 16.9 Å². The summed E-state index contributed by atoms with van der Waals surface area (Å²) in [5.74, 6) is 1.68. The number of thioether (sulfide) groups is 1. The van der Waals surface area contributed by atoms with Gasteiger partial charge in [0.2, 0.25) is 5.91 Å². The molecule has 0 bridgehead atoms. The summed E-state index contributed by atoms with van der Waals surface area (Å²) in [5, 5.41) is 15.0. The Hall–Kier alpha value is -4.31. The van der Waals surface area contributed by atoms with Gasteiger partial charge in [0.15, 0.2) is 11.0 Å². The van der Waals surface area contributed by atoms with Crippen LogP contribution in [0.25, 0.3) is 5.69 Å². The highest BCUT2D eigenvalue weighted by Crippen LogP contribution is 2.25. The van der Waals surface area contributed by atoms with E-state index in [0.717, 1.165) is 28.3 Å². The fourth-order valence-electron chi connectivity index (χ4n) is 3.90. The van der Waals surface area contributed by atoms with Crippen LogP contribution in [0.4, 0.5) is 5.69 Å². The Kier molecular flexibility index (Phi) is 9.22. The van der Waals surface area contributed by atoms with Crippen molar-refractivity contribution in [3.63, 3.8) is 0 Å². The van der Waals surface area contributed by atoms with Gasteiger partial charge >= 0.3 is 0 Å². The minimum atomic E-state index is -0.249. The first-order chi connectivity index (χ1) is 18.9. The van der Waals surface area contributed by atoms with Crippen molar-refractivity contribution < 1.29 is 19.1 Å². The van der Waals surface area contributed by atoms with E-state index in [1.165, 1.54) is 11.8 Å². The molecule has 4 aromatic rings. The largest absolute Gasteiger partial charge is 0.497 e. The summed E-state index contributed by atoms with van der Waals surface area (Å²) in [6.45, 7) is 6.60. The summed E-state index contributed by atoms with van der Waals surface area (Å²) in [5.41, 5.74) is 4.20. The van der Waals surface area contributed by atoms with Crippen molar-refractivity contribution in [1.29, 1.82) is 0 Å². The molecule has 1 aromatic heterocycles. The van der Waals surface area contributed by atoms with E-state index < -0.39 is 0 Å². The van der Waals surface area contributed by atoms with Crippen molar-refractivity contribution in [2.45, 2.75) is 32.5 Å². The van der Waals surface area contributed by atoms with Crippen molar-refractivity contribution in [2.75, 3.05) is 24.8 Å². The first-order valence-corrected chi connectivity index (χ1v) is 13.5. The lowest BCUT2D eigenvalue weighted by Crippen LogP contribution is -2.24. The number of aromatic nitrogens is 3. The second-order valence-electron chi connectivity index (χ2n) is 8.73. The van der Waals surface area contributed by atoms with Crippen LogP contribution in [0.3, 0.4) is 0 Å². The number of rotatable bonds is 11. The van der Waals surface area contributed by atoms with Crippen molar-refractivity contribution in [1.82, 2.24) is 20.1 Å². The Morgan fingerprint density at radius 3 is 2.33 bits per heavy atom. The van der Waals surface area contributed by atoms with Gasteiger partial charge in [-0.05, 0) is 80.9 Å². The number of nitrogens with zero attached hydrogens (tertiary/aromatic N) is 3. The smallest absolute Gasteiger partial charge is 0.251 e. The van der Waals surface area contributed by atoms with E-state index in [9.17, 15) is 9.59 Å². The molecule has 2 amide bonds. The number of nitrogens with one attached hydrogen (secondary N) is 2. The van der Waals surface area contributed by atoms with E-state index in [1.807, 2.05) is 67.8 Å². The summed E-state index contributed by atoms with van der Waals surface area (Å²) in [7, 11) is 1.57. The third kappa shape index (κ3) is 7.17. The third-order valence-corrected chi connectivity index (χ3v) is 6.78. The van der Waals surface area contributed by atoms with Gasteiger partial charge in [-0.25, -0.2) is 0 Å². The number of hydrogen-bond acceptors (Lipinski definition) is 7. The molecule has 1 heterocycles. The number of methoxy groups -OCH3 is 1. The molecule has 9 nitrogen and oxygen atoms in total. The van der Waals surface area contributed by atoms with Crippen molar-refractivity contribution >= 4 is 29.3 Å². The lowest BCUT2D eigenvalue weighted by Gasteiger charge is -2.12. The minimum absolute atomic E-state index is 0.139. The Balaban J connectivity index is 1.51. The maximum absolute atomic E-state index is 12.7. The molecule has 4 rings (SSSR count).